The topological polar surface area (TPSA) is 94.7 Å². The van der Waals surface area contributed by atoms with Crippen molar-refractivity contribution in [2.24, 2.45) is 7.05 Å². The molecule has 0 aromatic carbocycles. The quantitative estimate of drug-likeness (QED) is 0.738. The van der Waals surface area contributed by atoms with Crippen LogP contribution in [0.1, 0.15) is 27.4 Å². The molecular formula is C18H20N6O2. The molecule has 0 aliphatic heterocycles. The van der Waals surface area contributed by atoms with Crippen molar-refractivity contribution in [1.82, 2.24) is 29.9 Å². The summed E-state index contributed by atoms with van der Waals surface area (Å²) in [6.07, 6.45) is 2.37. The first kappa shape index (κ1) is 17.5. The van der Waals surface area contributed by atoms with E-state index in [0.29, 0.717) is 13.0 Å². The molecule has 0 bridgehead atoms. The maximum absolute atomic E-state index is 12.2. The molecule has 0 saturated heterocycles. The van der Waals surface area contributed by atoms with E-state index in [9.17, 15) is 9.59 Å². The summed E-state index contributed by atoms with van der Waals surface area (Å²) in [4.78, 5) is 27.8. The summed E-state index contributed by atoms with van der Waals surface area (Å²) >= 11 is 0. The minimum absolute atomic E-state index is 0.213. The van der Waals surface area contributed by atoms with Crippen molar-refractivity contribution in [1.29, 1.82) is 0 Å². The van der Waals surface area contributed by atoms with E-state index in [1.54, 1.807) is 10.9 Å². The average Bonchev–Trinajstić information content (AvgIpc) is 2.92. The fourth-order valence-corrected chi connectivity index (χ4v) is 2.75. The molecule has 0 aliphatic carbocycles. The predicted octanol–water partition coefficient (Wildman–Crippen LogP) is 0.950. The van der Waals surface area contributed by atoms with Crippen molar-refractivity contribution in [3.8, 4) is 5.82 Å². The number of carbonyl (C=O) groups is 1. The summed E-state index contributed by atoms with van der Waals surface area (Å²) < 4.78 is 2.95. The van der Waals surface area contributed by atoms with Gasteiger partial charge in [0.05, 0.1) is 5.69 Å². The zero-order valence-corrected chi connectivity index (χ0v) is 14.9. The van der Waals surface area contributed by atoms with Crippen molar-refractivity contribution < 1.29 is 4.79 Å². The Labute approximate surface area is 150 Å². The molecule has 0 aliphatic rings. The van der Waals surface area contributed by atoms with Crippen molar-refractivity contribution in [2.75, 3.05) is 6.54 Å². The Morgan fingerprint density at radius 3 is 2.65 bits per heavy atom. The number of hydrogen-bond donors (Lipinski definition) is 1. The van der Waals surface area contributed by atoms with Crippen LogP contribution in [0.15, 0.2) is 41.3 Å². The summed E-state index contributed by atoms with van der Waals surface area (Å²) in [5.74, 6) is 0.450. The number of pyridine rings is 1. The first-order valence-corrected chi connectivity index (χ1v) is 8.26. The molecule has 1 amide bonds. The molecule has 0 saturated carbocycles. The van der Waals surface area contributed by atoms with Gasteiger partial charge in [0, 0.05) is 31.5 Å². The zero-order chi connectivity index (χ0) is 18.7. The van der Waals surface area contributed by atoms with Gasteiger partial charge in [-0.2, -0.15) is 10.2 Å². The Morgan fingerprint density at radius 2 is 1.96 bits per heavy atom. The summed E-state index contributed by atoms with van der Waals surface area (Å²) in [5.41, 5.74) is 2.93. The molecule has 0 fully saturated rings. The lowest BCUT2D eigenvalue weighted by molar-refractivity contribution is 0.0947. The third-order valence-corrected chi connectivity index (χ3v) is 4.16. The Kier molecular flexibility index (Phi) is 4.92. The Morgan fingerprint density at radius 1 is 1.15 bits per heavy atom. The van der Waals surface area contributed by atoms with Crippen LogP contribution in [0.25, 0.3) is 5.82 Å². The van der Waals surface area contributed by atoms with Gasteiger partial charge in [-0.15, -0.1) is 0 Å². The van der Waals surface area contributed by atoms with Gasteiger partial charge in [-0.3, -0.25) is 9.59 Å². The number of aromatic nitrogens is 5. The smallest absolute Gasteiger partial charge is 0.271 e. The van der Waals surface area contributed by atoms with Gasteiger partial charge in [-0.25, -0.2) is 14.3 Å². The van der Waals surface area contributed by atoms with Crippen LogP contribution in [-0.4, -0.2) is 37.0 Å². The molecule has 8 heteroatoms. The Balaban J connectivity index is 1.68. The molecule has 0 unspecified atom stereocenters. The number of amides is 1. The number of hydrogen-bond acceptors (Lipinski definition) is 5. The SMILES string of the molecule is Cc1nn(-c2ccccn2)c(C)c1CCNC(=O)c1ccc(=O)n(C)n1. The van der Waals surface area contributed by atoms with E-state index in [-0.39, 0.29) is 17.2 Å². The van der Waals surface area contributed by atoms with E-state index in [2.05, 4.69) is 20.5 Å². The van der Waals surface area contributed by atoms with E-state index in [1.807, 2.05) is 32.0 Å². The highest BCUT2D eigenvalue weighted by atomic mass is 16.2. The molecule has 1 N–H and O–H groups in total. The molecule has 3 aromatic rings. The average molecular weight is 352 g/mol. The lowest BCUT2D eigenvalue weighted by Crippen LogP contribution is -2.29. The highest BCUT2D eigenvalue weighted by Gasteiger charge is 2.14. The normalized spacial score (nSPS) is 10.7. The van der Waals surface area contributed by atoms with E-state index in [4.69, 9.17) is 0 Å². The predicted molar refractivity (Wildman–Crippen MR) is 96.3 cm³/mol. The van der Waals surface area contributed by atoms with Crippen LogP contribution in [0.4, 0.5) is 0 Å². The fraction of sp³-hybridized carbons (Fsp3) is 0.278. The number of carbonyl (C=O) groups excluding carboxylic acids is 1. The summed E-state index contributed by atoms with van der Waals surface area (Å²) in [6.45, 7) is 4.37. The van der Waals surface area contributed by atoms with Crippen LogP contribution in [-0.2, 0) is 13.5 Å². The highest BCUT2D eigenvalue weighted by molar-refractivity contribution is 5.91. The molecule has 8 nitrogen and oxygen atoms in total. The van der Waals surface area contributed by atoms with Gasteiger partial charge in [0.1, 0.15) is 5.69 Å². The van der Waals surface area contributed by atoms with Gasteiger partial charge in [0.2, 0.25) is 0 Å². The largest absolute Gasteiger partial charge is 0.350 e. The third-order valence-electron chi connectivity index (χ3n) is 4.16. The van der Waals surface area contributed by atoms with E-state index < -0.39 is 0 Å². The molecule has 26 heavy (non-hydrogen) atoms. The minimum Gasteiger partial charge on any atom is -0.350 e. The highest BCUT2D eigenvalue weighted by Crippen LogP contribution is 2.16. The second-order valence-electron chi connectivity index (χ2n) is 5.94. The van der Waals surface area contributed by atoms with Crippen LogP contribution in [0.3, 0.4) is 0 Å². The fourth-order valence-electron chi connectivity index (χ4n) is 2.75. The molecule has 3 heterocycles. The van der Waals surface area contributed by atoms with Gasteiger partial charge in [-0.05, 0) is 44.0 Å². The molecule has 0 atom stereocenters. The zero-order valence-electron chi connectivity index (χ0n) is 14.9. The second kappa shape index (κ2) is 7.30. The van der Waals surface area contributed by atoms with Crippen LogP contribution in [0.2, 0.25) is 0 Å². The first-order valence-electron chi connectivity index (χ1n) is 8.26. The van der Waals surface area contributed by atoms with Crippen molar-refractivity contribution in [2.45, 2.75) is 20.3 Å². The van der Waals surface area contributed by atoms with Gasteiger partial charge in [-0.1, -0.05) is 6.07 Å². The van der Waals surface area contributed by atoms with Gasteiger partial charge >= 0.3 is 0 Å². The molecule has 3 rings (SSSR count). The number of nitrogens with zero attached hydrogens (tertiary/aromatic N) is 5. The van der Waals surface area contributed by atoms with Crippen LogP contribution in [0.5, 0.6) is 0 Å². The molecule has 134 valence electrons. The van der Waals surface area contributed by atoms with Crippen molar-refractivity contribution >= 4 is 5.91 Å². The standard InChI is InChI=1S/C18H20N6O2/c1-12-14(13(2)24(21-12)16-6-4-5-10-19-16)9-11-20-18(26)15-7-8-17(25)23(3)22-15/h4-8,10H,9,11H2,1-3H3,(H,20,26). The first-order chi connectivity index (χ1) is 12.5. The maximum Gasteiger partial charge on any atom is 0.271 e. The monoisotopic (exact) mass is 352 g/mol. The van der Waals surface area contributed by atoms with Gasteiger partial charge in [0.25, 0.3) is 11.5 Å². The van der Waals surface area contributed by atoms with Gasteiger partial charge in [0.15, 0.2) is 5.82 Å². The molecule has 0 spiro atoms. The molecule has 3 aromatic heterocycles. The van der Waals surface area contributed by atoms with Crippen LogP contribution < -0.4 is 10.9 Å². The summed E-state index contributed by atoms with van der Waals surface area (Å²) in [7, 11) is 1.51. The summed E-state index contributed by atoms with van der Waals surface area (Å²) in [5, 5.41) is 11.3. The number of rotatable bonds is 5. The van der Waals surface area contributed by atoms with Crippen molar-refractivity contribution in [3.63, 3.8) is 0 Å². The van der Waals surface area contributed by atoms with E-state index in [1.165, 1.54) is 19.2 Å². The number of nitrogens with one attached hydrogen (secondary N) is 1. The van der Waals surface area contributed by atoms with E-state index in [0.717, 1.165) is 27.5 Å². The lowest BCUT2D eigenvalue weighted by atomic mass is 10.1. The summed E-state index contributed by atoms with van der Waals surface area (Å²) in [6, 6.07) is 8.43. The third kappa shape index (κ3) is 3.53. The van der Waals surface area contributed by atoms with E-state index >= 15 is 0 Å². The van der Waals surface area contributed by atoms with Crippen molar-refractivity contribution in [3.05, 3.63) is 69.5 Å². The Hall–Kier alpha value is -3.29. The second-order valence-corrected chi connectivity index (χ2v) is 5.94. The van der Waals surface area contributed by atoms with Crippen LogP contribution >= 0.6 is 0 Å². The minimum atomic E-state index is -0.312. The lowest BCUT2D eigenvalue weighted by Gasteiger charge is -2.07. The van der Waals surface area contributed by atoms with Crippen LogP contribution in [0, 0.1) is 13.8 Å². The molecule has 0 radical (unpaired) electrons. The molecular weight excluding hydrogens is 332 g/mol. The number of aryl methyl sites for hydroxylation is 2. The van der Waals surface area contributed by atoms with Gasteiger partial charge < -0.3 is 5.32 Å². The Bertz CT molecular complexity index is 991. The maximum atomic E-state index is 12.2.